The second-order valence-corrected chi connectivity index (χ2v) is 6.65. The van der Waals surface area contributed by atoms with E-state index in [1.165, 1.54) is 16.7 Å². The predicted octanol–water partition coefficient (Wildman–Crippen LogP) is 2.36. The highest BCUT2D eigenvalue weighted by molar-refractivity contribution is 7.99. The molecule has 1 atom stereocenters. The Labute approximate surface area is 126 Å². The van der Waals surface area contributed by atoms with E-state index in [1.54, 1.807) is 12.1 Å². The lowest BCUT2D eigenvalue weighted by Crippen LogP contribution is -2.46. The molecular formula is C14H14ClNO3S. The first-order valence-electron chi connectivity index (χ1n) is 6.42. The van der Waals surface area contributed by atoms with Crippen molar-refractivity contribution in [2.45, 2.75) is 24.3 Å². The summed E-state index contributed by atoms with van der Waals surface area (Å²) in [6.45, 7) is 0. The summed E-state index contributed by atoms with van der Waals surface area (Å²) in [6.07, 6.45) is 1.56. The number of halogens is 1. The molecule has 1 aliphatic carbocycles. The van der Waals surface area contributed by atoms with Crippen LogP contribution < -0.4 is 0 Å². The number of carboxylic acid groups (broad SMARTS) is 1. The van der Waals surface area contributed by atoms with Gasteiger partial charge in [0.25, 0.3) is 0 Å². The van der Waals surface area contributed by atoms with Crippen molar-refractivity contribution in [1.29, 1.82) is 0 Å². The summed E-state index contributed by atoms with van der Waals surface area (Å²) in [5.41, 5.74) is 0.413. The van der Waals surface area contributed by atoms with Gasteiger partial charge in [0.05, 0.1) is 11.3 Å². The molecule has 1 saturated heterocycles. The van der Waals surface area contributed by atoms with E-state index in [0.29, 0.717) is 16.7 Å². The molecule has 4 nitrogen and oxygen atoms in total. The third-order valence-corrected chi connectivity index (χ3v) is 5.25. The van der Waals surface area contributed by atoms with Gasteiger partial charge in [0, 0.05) is 10.8 Å². The topological polar surface area (TPSA) is 57.6 Å². The van der Waals surface area contributed by atoms with E-state index >= 15 is 0 Å². The minimum Gasteiger partial charge on any atom is -0.480 e. The highest BCUT2D eigenvalue weighted by atomic mass is 35.5. The fourth-order valence-electron chi connectivity index (χ4n) is 2.64. The number of carboxylic acids is 1. The molecule has 1 N–H and O–H groups in total. The maximum absolute atomic E-state index is 12.7. The normalized spacial score (nSPS) is 23.6. The molecule has 1 unspecified atom stereocenters. The molecule has 1 heterocycles. The molecule has 3 rings (SSSR count). The highest BCUT2D eigenvalue weighted by Gasteiger charge is 2.55. The van der Waals surface area contributed by atoms with Gasteiger partial charge in [-0.2, -0.15) is 0 Å². The molecule has 1 saturated carbocycles. The van der Waals surface area contributed by atoms with Crippen LogP contribution in [0.1, 0.15) is 18.4 Å². The number of carbonyl (C=O) groups excluding carboxylic acids is 1. The van der Waals surface area contributed by atoms with Gasteiger partial charge < -0.3 is 10.0 Å². The zero-order valence-corrected chi connectivity index (χ0v) is 12.3. The fraction of sp³-hybridized carbons (Fsp3) is 0.429. The van der Waals surface area contributed by atoms with E-state index in [0.717, 1.165) is 18.4 Å². The molecule has 1 amide bonds. The smallest absolute Gasteiger partial charge is 0.327 e. The summed E-state index contributed by atoms with van der Waals surface area (Å²) in [5.74, 6) is -0.0457. The minimum absolute atomic E-state index is 0.0581. The summed E-state index contributed by atoms with van der Waals surface area (Å²) in [4.78, 5) is 25.5. The first-order chi connectivity index (χ1) is 9.54. The number of aliphatic carboxylic acids is 1. The minimum atomic E-state index is -0.921. The summed E-state index contributed by atoms with van der Waals surface area (Å²) in [5, 5.41) is 9.84. The average molecular weight is 312 g/mol. The number of hydrogen-bond donors (Lipinski definition) is 1. The Morgan fingerprint density at radius 3 is 2.50 bits per heavy atom. The number of nitrogens with zero attached hydrogens (tertiary/aromatic N) is 1. The molecule has 2 aliphatic rings. The highest BCUT2D eigenvalue weighted by Crippen LogP contribution is 2.50. The number of hydrogen-bond acceptors (Lipinski definition) is 3. The molecule has 0 spiro atoms. The van der Waals surface area contributed by atoms with Crippen molar-refractivity contribution < 1.29 is 14.7 Å². The fourth-order valence-corrected chi connectivity index (χ4v) is 3.91. The van der Waals surface area contributed by atoms with Crippen molar-refractivity contribution in [2.75, 3.05) is 11.6 Å². The standard InChI is InChI=1S/C14H14ClNO3S/c15-10-3-1-9(2-4-10)14(5-6-14)13(19)16-8-20-7-11(16)12(17)18/h1-4,11H,5-8H2,(H,17,18). The van der Waals surface area contributed by atoms with E-state index < -0.39 is 17.4 Å². The SMILES string of the molecule is O=C(O)C1CSCN1C(=O)C1(c2ccc(Cl)cc2)CC1. The molecule has 6 heteroatoms. The molecule has 106 valence electrons. The third-order valence-electron chi connectivity index (χ3n) is 3.98. The number of rotatable bonds is 3. The Kier molecular flexibility index (Phi) is 3.42. The molecular weight excluding hydrogens is 298 g/mol. The lowest BCUT2D eigenvalue weighted by molar-refractivity contribution is -0.148. The number of benzene rings is 1. The van der Waals surface area contributed by atoms with Crippen LogP contribution in [0, 0.1) is 0 Å². The summed E-state index contributed by atoms with van der Waals surface area (Å²) < 4.78 is 0. The molecule has 1 aliphatic heterocycles. The van der Waals surface area contributed by atoms with Gasteiger partial charge in [-0.25, -0.2) is 4.79 Å². The van der Waals surface area contributed by atoms with Gasteiger partial charge in [0.15, 0.2) is 0 Å². The zero-order chi connectivity index (χ0) is 14.3. The van der Waals surface area contributed by atoms with Crippen LogP contribution in [0.15, 0.2) is 24.3 Å². The van der Waals surface area contributed by atoms with Crippen molar-refractivity contribution in [2.24, 2.45) is 0 Å². The molecule has 20 heavy (non-hydrogen) atoms. The van der Waals surface area contributed by atoms with Crippen molar-refractivity contribution in [3.8, 4) is 0 Å². The molecule has 0 aromatic heterocycles. The number of thioether (sulfide) groups is 1. The predicted molar refractivity (Wildman–Crippen MR) is 78.0 cm³/mol. The van der Waals surface area contributed by atoms with Gasteiger partial charge in [0.2, 0.25) is 5.91 Å². The Morgan fingerprint density at radius 2 is 1.95 bits per heavy atom. The molecule has 2 fully saturated rings. The molecule has 1 aromatic carbocycles. The zero-order valence-electron chi connectivity index (χ0n) is 10.7. The second-order valence-electron chi connectivity index (χ2n) is 5.22. The van der Waals surface area contributed by atoms with Crippen LogP contribution in [0.2, 0.25) is 5.02 Å². The van der Waals surface area contributed by atoms with Gasteiger partial charge in [-0.1, -0.05) is 23.7 Å². The Morgan fingerprint density at radius 1 is 1.30 bits per heavy atom. The van der Waals surface area contributed by atoms with Crippen LogP contribution in [-0.4, -0.2) is 39.6 Å². The molecule has 1 aromatic rings. The van der Waals surface area contributed by atoms with Crippen molar-refractivity contribution in [3.63, 3.8) is 0 Å². The van der Waals surface area contributed by atoms with Crippen LogP contribution in [0.4, 0.5) is 0 Å². The first kappa shape index (κ1) is 13.8. The van der Waals surface area contributed by atoms with E-state index in [9.17, 15) is 14.7 Å². The lowest BCUT2D eigenvalue weighted by Gasteiger charge is -2.26. The second kappa shape index (κ2) is 4.97. The monoisotopic (exact) mass is 311 g/mol. The van der Waals surface area contributed by atoms with Crippen LogP contribution in [0.3, 0.4) is 0 Å². The van der Waals surface area contributed by atoms with Gasteiger partial charge in [-0.15, -0.1) is 11.8 Å². The van der Waals surface area contributed by atoms with Crippen molar-refractivity contribution in [1.82, 2.24) is 4.90 Å². The van der Waals surface area contributed by atoms with Crippen LogP contribution in [0.25, 0.3) is 0 Å². The maximum atomic E-state index is 12.7. The molecule has 0 bridgehead atoms. The Hall–Kier alpha value is -1.20. The number of amides is 1. The Balaban J connectivity index is 1.86. The largest absolute Gasteiger partial charge is 0.480 e. The summed E-state index contributed by atoms with van der Waals surface area (Å²) >= 11 is 7.37. The summed E-state index contributed by atoms with van der Waals surface area (Å²) in [6, 6.07) is 6.59. The average Bonchev–Trinajstić information content (AvgIpc) is 3.08. The quantitative estimate of drug-likeness (QED) is 0.931. The first-order valence-corrected chi connectivity index (χ1v) is 7.95. The third kappa shape index (κ3) is 2.19. The van der Waals surface area contributed by atoms with Gasteiger partial charge in [-0.3, -0.25) is 4.79 Å². The van der Waals surface area contributed by atoms with Gasteiger partial charge >= 0.3 is 5.97 Å². The maximum Gasteiger partial charge on any atom is 0.327 e. The number of carbonyl (C=O) groups is 2. The van der Waals surface area contributed by atoms with Crippen LogP contribution >= 0.6 is 23.4 Å². The van der Waals surface area contributed by atoms with E-state index in [-0.39, 0.29) is 5.91 Å². The summed E-state index contributed by atoms with van der Waals surface area (Å²) in [7, 11) is 0. The van der Waals surface area contributed by atoms with E-state index in [2.05, 4.69) is 0 Å². The van der Waals surface area contributed by atoms with Gasteiger partial charge in [0.1, 0.15) is 6.04 Å². The van der Waals surface area contributed by atoms with E-state index in [4.69, 9.17) is 11.6 Å². The van der Waals surface area contributed by atoms with Crippen molar-refractivity contribution >= 4 is 35.2 Å². The van der Waals surface area contributed by atoms with Crippen LogP contribution in [-0.2, 0) is 15.0 Å². The molecule has 0 radical (unpaired) electrons. The Bertz CT molecular complexity index is 556. The van der Waals surface area contributed by atoms with Crippen molar-refractivity contribution in [3.05, 3.63) is 34.9 Å². The van der Waals surface area contributed by atoms with Gasteiger partial charge in [-0.05, 0) is 30.5 Å². The van der Waals surface area contributed by atoms with E-state index in [1.807, 2.05) is 12.1 Å². The lowest BCUT2D eigenvalue weighted by atomic mass is 9.94. The van der Waals surface area contributed by atoms with Crippen LogP contribution in [0.5, 0.6) is 0 Å².